The second kappa shape index (κ2) is 6.76. The van der Waals surface area contributed by atoms with Crippen molar-refractivity contribution in [2.75, 3.05) is 32.7 Å². The molecule has 0 amide bonds. The normalized spacial score (nSPS) is 20.4. The fourth-order valence-electron chi connectivity index (χ4n) is 2.65. The Kier molecular flexibility index (Phi) is 5.83. The minimum absolute atomic E-state index is 0.220. The topological polar surface area (TPSA) is 65.1 Å². The highest BCUT2D eigenvalue weighted by atomic mass is 16.4. The van der Waals surface area contributed by atoms with Crippen LogP contribution in [0.2, 0.25) is 0 Å². The molecule has 1 fully saturated rings. The number of oxime groups is 1. The van der Waals surface area contributed by atoms with Gasteiger partial charge >= 0.3 is 0 Å². The van der Waals surface area contributed by atoms with Gasteiger partial charge in [-0.1, -0.05) is 19.0 Å². The summed E-state index contributed by atoms with van der Waals surface area (Å²) in [4.78, 5) is 5.06. The van der Waals surface area contributed by atoms with Crippen molar-refractivity contribution in [2.24, 2.45) is 16.3 Å². The van der Waals surface area contributed by atoms with Gasteiger partial charge in [-0.25, -0.2) is 0 Å². The number of rotatable bonds is 5. The molecule has 118 valence electrons. The van der Waals surface area contributed by atoms with Crippen molar-refractivity contribution in [1.29, 1.82) is 0 Å². The summed E-state index contributed by atoms with van der Waals surface area (Å²) < 4.78 is 0. The quantitative estimate of drug-likeness (QED) is 0.350. The standard InChI is InChI=1S/C15H32N4O/c1-14(2,3)19-11-9-18(10-12-19)8-6-7-15(4,5)13(16)17-20/h20H,6-12H2,1-5H3,(H2,16,17). The lowest BCUT2D eigenvalue weighted by Crippen LogP contribution is -2.53. The molecule has 5 nitrogen and oxygen atoms in total. The molecule has 0 radical (unpaired) electrons. The lowest BCUT2D eigenvalue weighted by Gasteiger charge is -2.42. The van der Waals surface area contributed by atoms with Gasteiger partial charge in [-0.3, -0.25) is 4.90 Å². The molecule has 1 rings (SSSR count). The van der Waals surface area contributed by atoms with Crippen molar-refractivity contribution in [3.63, 3.8) is 0 Å². The molecular formula is C15H32N4O. The summed E-state index contributed by atoms with van der Waals surface area (Å²) in [7, 11) is 0. The SMILES string of the molecule is CC(C)(CCCN1CCN(C(C)(C)C)CC1)C(N)=NO. The third-order valence-electron chi connectivity index (χ3n) is 4.40. The van der Waals surface area contributed by atoms with Crippen LogP contribution in [0.1, 0.15) is 47.5 Å². The number of nitrogens with two attached hydrogens (primary N) is 1. The van der Waals surface area contributed by atoms with Gasteiger partial charge in [0.1, 0.15) is 5.84 Å². The lowest BCUT2D eigenvalue weighted by molar-refractivity contribution is 0.0609. The van der Waals surface area contributed by atoms with Gasteiger partial charge in [0.05, 0.1) is 0 Å². The number of amidine groups is 1. The molecule has 0 atom stereocenters. The second-order valence-corrected chi connectivity index (χ2v) is 7.47. The van der Waals surface area contributed by atoms with Crippen molar-refractivity contribution in [2.45, 2.75) is 53.0 Å². The highest BCUT2D eigenvalue weighted by Crippen LogP contribution is 2.23. The van der Waals surface area contributed by atoms with E-state index in [9.17, 15) is 0 Å². The molecule has 20 heavy (non-hydrogen) atoms. The van der Waals surface area contributed by atoms with Gasteiger partial charge in [-0.15, -0.1) is 0 Å². The maximum Gasteiger partial charge on any atom is 0.144 e. The molecule has 0 spiro atoms. The Morgan fingerprint density at radius 1 is 1.10 bits per heavy atom. The van der Waals surface area contributed by atoms with Gasteiger partial charge in [0, 0.05) is 37.1 Å². The Bertz CT molecular complexity index is 325. The summed E-state index contributed by atoms with van der Waals surface area (Å²) in [5.41, 5.74) is 5.77. The highest BCUT2D eigenvalue weighted by molar-refractivity contribution is 5.85. The zero-order chi connectivity index (χ0) is 15.4. The van der Waals surface area contributed by atoms with E-state index in [2.05, 4.69) is 35.7 Å². The van der Waals surface area contributed by atoms with Crippen LogP contribution in [0.4, 0.5) is 0 Å². The van der Waals surface area contributed by atoms with Crippen LogP contribution in [0.5, 0.6) is 0 Å². The van der Waals surface area contributed by atoms with Crippen LogP contribution in [-0.4, -0.2) is 59.1 Å². The van der Waals surface area contributed by atoms with Crippen LogP contribution in [0, 0.1) is 5.41 Å². The molecule has 0 aromatic rings. The molecule has 0 aromatic carbocycles. The highest BCUT2D eigenvalue weighted by Gasteiger charge is 2.27. The van der Waals surface area contributed by atoms with Crippen molar-refractivity contribution >= 4 is 5.84 Å². The van der Waals surface area contributed by atoms with E-state index in [1.165, 1.54) is 0 Å². The summed E-state index contributed by atoms with van der Waals surface area (Å²) in [5, 5.41) is 11.9. The van der Waals surface area contributed by atoms with Gasteiger partial charge in [0.25, 0.3) is 0 Å². The molecule has 1 aliphatic rings. The van der Waals surface area contributed by atoms with E-state index in [-0.39, 0.29) is 11.0 Å². The van der Waals surface area contributed by atoms with Crippen molar-refractivity contribution in [3.8, 4) is 0 Å². The van der Waals surface area contributed by atoms with Gasteiger partial charge in [0.15, 0.2) is 0 Å². The molecule has 0 saturated carbocycles. The van der Waals surface area contributed by atoms with Crippen molar-refractivity contribution < 1.29 is 5.21 Å². The van der Waals surface area contributed by atoms with Crippen molar-refractivity contribution in [1.82, 2.24) is 9.80 Å². The maximum atomic E-state index is 8.77. The summed E-state index contributed by atoms with van der Waals surface area (Å²) in [6, 6.07) is 0. The van der Waals surface area contributed by atoms with Crippen molar-refractivity contribution in [3.05, 3.63) is 0 Å². The smallest absolute Gasteiger partial charge is 0.144 e. The third kappa shape index (κ3) is 4.94. The van der Waals surface area contributed by atoms with E-state index in [0.29, 0.717) is 5.84 Å². The largest absolute Gasteiger partial charge is 0.409 e. The van der Waals surface area contributed by atoms with Gasteiger partial charge < -0.3 is 15.8 Å². The summed E-state index contributed by atoms with van der Waals surface area (Å²) in [5.74, 6) is 0.329. The average molecular weight is 284 g/mol. The summed E-state index contributed by atoms with van der Waals surface area (Å²) in [6.45, 7) is 16.6. The van der Waals surface area contributed by atoms with Crippen LogP contribution in [0.25, 0.3) is 0 Å². The van der Waals surface area contributed by atoms with E-state index >= 15 is 0 Å². The summed E-state index contributed by atoms with van der Waals surface area (Å²) in [6.07, 6.45) is 2.03. The van der Waals surface area contributed by atoms with E-state index in [1.807, 2.05) is 13.8 Å². The van der Waals surface area contributed by atoms with E-state index < -0.39 is 0 Å². The zero-order valence-electron chi connectivity index (χ0n) is 13.8. The predicted octanol–water partition coefficient (Wildman–Crippen LogP) is 1.96. The molecule has 0 unspecified atom stereocenters. The number of hydrogen-bond donors (Lipinski definition) is 2. The third-order valence-corrected chi connectivity index (χ3v) is 4.40. The molecule has 0 aromatic heterocycles. The monoisotopic (exact) mass is 284 g/mol. The Hall–Kier alpha value is -0.810. The fourth-order valence-corrected chi connectivity index (χ4v) is 2.65. The minimum atomic E-state index is -0.220. The Morgan fingerprint density at radius 2 is 1.65 bits per heavy atom. The summed E-state index contributed by atoms with van der Waals surface area (Å²) >= 11 is 0. The van der Waals surface area contributed by atoms with Crippen LogP contribution in [-0.2, 0) is 0 Å². The number of hydrogen-bond acceptors (Lipinski definition) is 4. The van der Waals surface area contributed by atoms with Crippen LogP contribution in [0.3, 0.4) is 0 Å². The number of nitrogens with zero attached hydrogens (tertiary/aromatic N) is 3. The Labute approximate surface area is 123 Å². The Balaban J connectivity index is 2.29. The first kappa shape index (κ1) is 17.2. The van der Waals surface area contributed by atoms with E-state index in [0.717, 1.165) is 45.6 Å². The second-order valence-electron chi connectivity index (χ2n) is 7.47. The molecule has 5 heteroatoms. The molecule has 1 saturated heterocycles. The Morgan fingerprint density at radius 3 is 2.10 bits per heavy atom. The first-order valence-corrected chi connectivity index (χ1v) is 7.62. The zero-order valence-corrected chi connectivity index (χ0v) is 13.8. The van der Waals surface area contributed by atoms with Gasteiger partial charge in [-0.05, 0) is 40.2 Å². The van der Waals surface area contributed by atoms with E-state index in [1.54, 1.807) is 0 Å². The molecule has 0 bridgehead atoms. The predicted molar refractivity (Wildman–Crippen MR) is 84.2 cm³/mol. The van der Waals surface area contributed by atoms with Crippen LogP contribution < -0.4 is 5.73 Å². The van der Waals surface area contributed by atoms with Crippen LogP contribution in [0.15, 0.2) is 5.16 Å². The average Bonchev–Trinajstić information content (AvgIpc) is 2.37. The van der Waals surface area contributed by atoms with Gasteiger partial charge in [-0.2, -0.15) is 0 Å². The fraction of sp³-hybridized carbons (Fsp3) is 0.933. The first-order chi connectivity index (χ1) is 9.16. The molecule has 0 aliphatic carbocycles. The lowest BCUT2D eigenvalue weighted by atomic mass is 9.86. The molecule has 1 heterocycles. The van der Waals surface area contributed by atoms with E-state index in [4.69, 9.17) is 10.9 Å². The minimum Gasteiger partial charge on any atom is -0.409 e. The van der Waals surface area contributed by atoms with Gasteiger partial charge in [0.2, 0.25) is 0 Å². The molecular weight excluding hydrogens is 252 g/mol. The number of piperazine rings is 1. The molecule has 3 N–H and O–H groups in total. The maximum absolute atomic E-state index is 8.77. The van der Waals surface area contributed by atoms with Crippen LogP contribution >= 0.6 is 0 Å². The first-order valence-electron chi connectivity index (χ1n) is 7.62. The molecule has 1 aliphatic heterocycles.